The maximum absolute atomic E-state index is 3.85. The summed E-state index contributed by atoms with van der Waals surface area (Å²) in [5.74, 6) is 0. The fourth-order valence-electron chi connectivity index (χ4n) is 1.85. The highest BCUT2D eigenvalue weighted by atomic mass is 15.3. The van der Waals surface area contributed by atoms with E-state index in [9.17, 15) is 0 Å². The van der Waals surface area contributed by atoms with Crippen molar-refractivity contribution in [3.8, 4) is 0 Å². The minimum atomic E-state index is 0.955. The van der Waals surface area contributed by atoms with Crippen molar-refractivity contribution >= 4 is 0 Å². The van der Waals surface area contributed by atoms with Gasteiger partial charge in [-0.05, 0) is 30.7 Å². The van der Waals surface area contributed by atoms with E-state index >= 15 is 0 Å². The van der Waals surface area contributed by atoms with Crippen LogP contribution in [0.3, 0.4) is 0 Å². The number of nitrogens with zero attached hydrogens (tertiary/aromatic N) is 1. The average Bonchev–Trinajstić information content (AvgIpc) is 2.26. The quantitative estimate of drug-likeness (QED) is 0.389. The summed E-state index contributed by atoms with van der Waals surface area (Å²) >= 11 is 0. The summed E-state index contributed by atoms with van der Waals surface area (Å²) in [5, 5.41) is 0. The van der Waals surface area contributed by atoms with Crippen LogP contribution in [-0.2, 0) is 0 Å². The van der Waals surface area contributed by atoms with E-state index < -0.39 is 0 Å². The van der Waals surface area contributed by atoms with Gasteiger partial charge in [0.2, 0.25) is 0 Å². The highest BCUT2D eigenvalue weighted by Gasteiger charge is 2.20. The van der Waals surface area contributed by atoms with Crippen molar-refractivity contribution in [2.24, 2.45) is 0 Å². The number of quaternary nitrogens is 1. The molecule has 16 heavy (non-hydrogen) atoms. The molecule has 0 saturated heterocycles. The van der Waals surface area contributed by atoms with Gasteiger partial charge in [0.1, 0.15) is 0 Å². The summed E-state index contributed by atoms with van der Waals surface area (Å²) in [4.78, 5) is 0. The summed E-state index contributed by atoms with van der Waals surface area (Å²) in [7, 11) is 0. The molecule has 0 unspecified atom stereocenters. The maximum atomic E-state index is 3.85. The second-order valence-electron chi connectivity index (χ2n) is 4.20. The average molecular weight is 220 g/mol. The smallest absolute Gasteiger partial charge is 0.0981 e. The van der Waals surface area contributed by atoms with E-state index in [2.05, 4.69) is 38.8 Å². The van der Waals surface area contributed by atoms with E-state index in [0.29, 0.717) is 0 Å². The Bertz CT molecular complexity index is 211. The van der Waals surface area contributed by atoms with Gasteiger partial charge in [-0.1, -0.05) is 39.2 Å². The summed E-state index contributed by atoms with van der Waals surface area (Å²) in [5.41, 5.74) is 0. The van der Waals surface area contributed by atoms with Gasteiger partial charge in [-0.25, -0.2) is 0 Å². The Morgan fingerprint density at radius 3 is 1.69 bits per heavy atom. The lowest BCUT2D eigenvalue weighted by atomic mass is 10.2. The molecule has 0 saturated carbocycles. The van der Waals surface area contributed by atoms with Gasteiger partial charge in [0.05, 0.1) is 26.2 Å². The molecule has 0 aliphatic carbocycles. The van der Waals surface area contributed by atoms with Gasteiger partial charge in [0.25, 0.3) is 0 Å². The zero-order valence-corrected chi connectivity index (χ0v) is 10.7. The first-order valence-electron chi connectivity index (χ1n) is 6.07. The highest BCUT2D eigenvalue weighted by Crippen LogP contribution is 2.08. The van der Waals surface area contributed by atoms with Crippen molar-refractivity contribution in [3.63, 3.8) is 0 Å². The predicted molar refractivity (Wildman–Crippen MR) is 74.4 cm³/mol. The molecule has 0 aromatic rings. The molecule has 0 aliphatic rings. The normalized spacial score (nSPS) is 11.6. The lowest BCUT2D eigenvalue weighted by Gasteiger charge is -2.35. The third-order valence-corrected chi connectivity index (χ3v) is 2.66. The highest BCUT2D eigenvalue weighted by molar-refractivity contribution is 4.85. The van der Waals surface area contributed by atoms with E-state index in [1.807, 2.05) is 18.2 Å². The Labute approximate surface area is 101 Å². The molecule has 0 bridgehead atoms. The van der Waals surface area contributed by atoms with Gasteiger partial charge in [-0.3, -0.25) is 0 Å². The van der Waals surface area contributed by atoms with Crippen LogP contribution in [0.1, 0.15) is 19.8 Å². The van der Waals surface area contributed by atoms with Crippen LogP contribution in [0, 0.1) is 0 Å². The first-order chi connectivity index (χ1) is 7.74. The van der Waals surface area contributed by atoms with Gasteiger partial charge < -0.3 is 4.48 Å². The molecule has 0 atom stereocenters. The van der Waals surface area contributed by atoms with Crippen molar-refractivity contribution in [1.82, 2.24) is 0 Å². The maximum Gasteiger partial charge on any atom is 0.0981 e. The van der Waals surface area contributed by atoms with E-state index in [1.165, 1.54) is 6.42 Å². The fraction of sp³-hybridized carbons (Fsp3) is 0.467. The monoisotopic (exact) mass is 220 g/mol. The lowest BCUT2D eigenvalue weighted by Crippen LogP contribution is -2.48. The van der Waals surface area contributed by atoms with Gasteiger partial charge in [0.15, 0.2) is 0 Å². The van der Waals surface area contributed by atoms with Crippen LogP contribution in [0.2, 0.25) is 0 Å². The Hall–Kier alpha value is -1.08. The molecule has 0 aromatic carbocycles. The minimum absolute atomic E-state index is 0.955. The molecule has 0 heterocycles. The van der Waals surface area contributed by atoms with Crippen molar-refractivity contribution in [1.29, 1.82) is 0 Å². The molecule has 1 heteroatoms. The summed E-state index contributed by atoms with van der Waals surface area (Å²) in [6.07, 6.45) is 12.9. The van der Waals surface area contributed by atoms with Crippen LogP contribution in [0.15, 0.2) is 50.1 Å². The van der Waals surface area contributed by atoms with Crippen LogP contribution < -0.4 is 0 Å². The molecule has 0 rings (SSSR count). The van der Waals surface area contributed by atoms with Crippen molar-refractivity contribution in [2.75, 3.05) is 26.2 Å². The molecular weight excluding hydrogens is 194 g/mol. The second-order valence-corrected chi connectivity index (χ2v) is 4.20. The van der Waals surface area contributed by atoms with Gasteiger partial charge in [0, 0.05) is 0 Å². The SMILES string of the molecule is C=CC[N+](CC=C)(CC=C)CC=CCCC. The van der Waals surface area contributed by atoms with Crippen LogP contribution in [0.25, 0.3) is 0 Å². The molecule has 1 nitrogen and oxygen atoms in total. The second kappa shape index (κ2) is 9.17. The van der Waals surface area contributed by atoms with Crippen LogP contribution >= 0.6 is 0 Å². The Morgan fingerprint density at radius 2 is 1.31 bits per heavy atom. The van der Waals surface area contributed by atoms with Crippen LogP contribution in [0.5, 0.6) is 0 Å². The summed E-state index contributed by atoms with van der Waals surface area (Å²) in [6.45, 7) is 17.7. The molecule has 0 N–H and O–H groups in total. The Morgan fingerprint density at radius 1 is 0.812 bits per heavy atom. The number of hydrogen-bond donors (Lipinski definition) is 0. The van der Waals surface area contributed by atoms with Gasteiger partial charge in [-0.15, -0.1) is 0 Å². The zero-order valence-electron chi connectivity index (χ0n) is 10.7. The molecule has 0 aromatic heterocycles. The van der Waals surface area contributed by atoms with Crippen molar-refractivity contribution < 1.29 is 4.48 Å². The van der Waals surface area contributed by atoms with E-state index in [-0.39, 0.29) is 0 Å². The topological polar surface area (TPSA) is 0 Å². The molecule has 0 spiro atoms. The number of rotatable bonds is 10. The number of allylic oxidation sites excluding steroid dienone is 1. The third kappa shape index (κ3) is 5.72. The van der Waals surface area contributed by atoms with E-state index in [4.69, 9.17) is 0 Å². The van der Waals surface area contributed by atoms with Crippen molar-refractivity contribution in [3.05, 3.63) is 50.1 Å². The largest absolute Gasteiger partial charge is 0.311 e. The fourth-order valence-corrected chi connectivity index (χ4v) is 1.85. The molecule has 0 radical (unpaired) electrons. The first-order valence-corrected chi connectivity index (χ1v) is 6.07. The van der Waals surface area contributed by atoms with Crippen LogP contribution in [-0.4, -0.2) is 30.7 Å². The van der Waals surface area contributed by atoms with E-state index in [1.54, 1.807) is 0 Å². The zero-order chi connectivity index (χ0) is 12.3. The first kappa shape index (κ1) is 14.9. The standard InChI is InChI=1S/C15H26N/c1-5-9-10-11-15-16(12-6-2,13-7-3)14-8-4/h6-8,10-11H,2-5,9,12-15H2,1H3/q+1. The molecule has 90 valence electrons. The number of hydrogen-bond acceptors (Lipinski definition) is 0. The lowest BCUT2D eigenvalue weighted by molar-refractivity contribution is -0.906. The summed E-state index contributed by atoms with van der Waals surface area (Å²) in [6, 6.07) is 0. The minimum Gasteiger partial charge on any atom is -0.311 e. The van der Waals surface area contributed by atoms with E-state index in [0.717, 1.165) is 37.1 Å². The Balaban J connectivity index is 4.51. The summed E-state index contributed by atoms with van der Waals surface area (Å²) < 4.78 is 0.955. The number of unbranched alkanes of at least 4 members (excludes halogenated alkanes) is 1. The Kier molecular flexibility index (Phi) is 8.55. The molecule has 0 amide bonds. The van der Waals surface area contributed by atoms with Gasteiger partial charge >= 0.3 is 0 Å². The van der Waals surface area contributed by atoms with Gasteiger partial charge in [-0.2, -0.15) is 0 Å². The molecular formula is C15H26N+. The predicted octanol–water partition coefficient (Wildman–Crippen LogP) is 3.72. The third-order valence-electron chi connectivity index (χ3n) is 2.66. The van der Waals surface area contributed by atoms with Crippen molar-refractivity contribution in [2.45, 2.75) is 19.8 Å². The van der Waals surface area contributed by atoms with Crippen LogP contribution in [0.4, 0.5) is 0 Å². The molecule has 0 aliphatic heterocycles. The molecule has 0 fully saturated rings.